The molecule has 0 aliphatic heterocycles. The Morgan fingerprint density at radius 1 is 0.882 bits per heavy atom. The van der Waals surface area contributed by atoms with Crippen LogP contribution in [0.15, 0.2) is 78.1 Å². The summed E-state index contributed by atoms with van der Waals surface area (Å²) < 4.78 is 1.30. The number of pyridine rings is 2. The number of ketones is 1. The van der Waals surface area contributed by atoms with E-state index in [4.69, 9.17) is 9.97 Å². The quantitative estimate of drug-likeness (QED) is 0.0815. The maximum absolute atomic E-state index is 12.2. The number of fused-ring (bicyclic) bond motifs is 2. The van der Waals surface area contributed by atoms with Crippen molar-refractivity contribution in [1.29, 1.82) is 0 Å². The van der Waals surface area contributed by atoms with E-state index in [0.29, 0.717) is 5.92 Å². The average Bonchev–Trinajstić information content (AvgIpc) is 3.61. The number of allylic oxidation sites excluding steroid dienone is 2. The molecule has 0 aliphatic carbocycles. The van der Waals surface area contributed by atoms with Gasteiger partial charge in [0.15, 0.2) is 5.78 Å². The average molecular weight is 882 g/mol. The summed E-state index contributed by atoms with van der Waals surface area (Å²) in [6.07, 6.45) is 9.70. The van der Waals surface area contributed by atoms with Gasteiger partial charge in [0.1, 0.15) is 5.76 Å². The van der Waals surface area contributed by atoms with E-state index >= 15 is 0 Å². The Kier molecular flexibility index (Phi) is 14.5. The number of aromatic nitrogens is 2. The fourth-order valence-electron chi connectivity index (χ4n) is 6.19. The molecule has 5 aromatic rings. The van der Waals surface area contributed by atoms with Gasteiger partial charge >= 0.3 is 0 Å². The smallest absolute Gasteiger partial charge is 0.164 e. The summed E-state index contributed by atoms with van der Waals surface area (Å²) in [6, 6.07) is 20.9. The molecule has 5 rings (SSSR count). The van der Waals surface area contributed by atoms with Crippen LogP contribution in [0.3, 0.4) is 0 Å². The van der Waals surface area contributed by atoms with E-state index < -0.39 is 0 Å². The normalized spacial score (nSPS) is 12.5. The molecule has 0 saturated heterocycles. The zero-order chi connectivity index (χ0) is 36.9. The number of carbonyl (C=O) groups excluding carboxylic acids is 1. The summed E-state index contributed by atoms with van der Waals surface area (Å²) in [6.45, 7) is 23.4. The summed E-state index contributed by atoms with van der Waals surface area (Å²) >= 11 is 1.79. The van der Waals surface area contributed by atoms with Gasteiger partial charge in [0.25, 0.3) is 0 Å². The third-order valence-corrected chi connectivity index (χ3v) is 11.7. The Morgan fingerprint density at radius 2 is 1.53 bits per heavy atom. The summed E-state index contributed by atoms with van der Waals surface area (Å²) in [5.41, 5.74) is 6.24. The first-order chi connectivity index (χ1) is 23.6. The number of aliphatic hydroxyl groups is 1. The summed E-state index contributed by atoms with van der Waals surface area (Å²) in [5, 5.41) is 16.0. The molecule has 3 heterocycles. The number of rotatable bonds is 11. The zero-order valence-electron chi connectivity index (χ0n) is 32.5. The van der Waals surface area contributed by atoms with Gasteiger partial charge in [-0.15, -0.1) is 40.5 Å². The van der Waals surface area contributed by atoms with E-state index in [1.165, 1.54) is 38.4 Å². The van der Waals surface area contributed by atoms with Crippen LogP contribution in [0.25, 0.3) is 43.2 Å². The third kappa shape index (κ3) is 9.63. The topological polar surface area (TPSA) is 63.1 Å². The second-order valence-electron chi connectivity index (χ2n) is 15.6. The number of hydrogen-bond acceptors (Lipinski definition) is 5. The van der Waals surface area contributed by atoms with Crippen molar-refractivity contribution in [2.45, 2.75) is 114 Å². The molecule has 0 aliphatic rings. The number of carbonyl (C=O) groups is 1. The summed E-state index contributed by atoms with van der Waals surface area (Å²) in [4.78, 5) is 21.8. The van der Waals surface area contributed by atoms with Crippen molar-refractivity contribution in [3.63, 3.8) is 0 Å². The zero-order valence-corrected chi connectivity index (χ0v) is 35.7. The molecule has 0 saturated carbocycles. The van der Waals surface area contributed by atoms with Gasteiger partial charge in [-0.1, -0.05) is 111 Å². The largest absolute Gasteiger partial charge is 0.512 e. The Bertz CT molecular complexity index is 1960. The fraction of sp³-hybridized carbons (Fsp3) is 0.444. The van der Waals surface area contributed by atoms with Crippen LogP contribution in [-0.4, -0.2) is 20.9 Å². The minimum absolute atomic E-state index is 0. The molecular weight excluding hydrogens is 825 g/mol. The Balaban J connectivity index is 0.000000335. The van der Waals surface area contributed by atoms with E-state index in [9.17, 15) is 9.90 Å². The molecule has 51 heavy (non-hydrogen) atoms. The van der Waals surface area contributed by atoms with Gasteiger partial charge in [-0.05, 0) is 66.5 Å². The van der Waals surface area contributed by atoms with Gasteiger partial charge in [0.05, 0.1) is 0 Å². The molecule has 3 aromatic heterocycles. The first kappa shape index (κ1) is 42.2. The molecule has 0 fully saturated rings. The van der Waals surface area contributed by atoms with Crippen LogP contribution in [0.5, 0.6) is 0 Å². The van der Waals surface area contributed by atoms with Crippen molar-refractivity contribution in [2.75, 3.05) is 0 Å². The molecule has 0 spiro atoms. The molecule has 4 nitrogen and oxygen atoms in total. The number of benzene rings is 2. The molecule has 0 atom stereocenters. The van der Waals surface area contributed by atoms with Gasteiger partial charge in [-0.3, -0.25) is 14.8 Å². The Labute approximate surface area is 324 Å². The minimum Gasteiger partial charge on any atom is -0.512 e. The molecular formula is C45H57IrN2O2S-. The Morgan fingerprint density at radius 3 is 2.14 bits per heavy atom. The number of aliphatic hydroxyl groups excluding tert-OH is 1. The molecule has 0 unspecified atom stereocenters. The van der Waals surface area contributed by atoms with Crippen LogP contribution in [0.4, 0.5) is 0 Å². The van der Waals surface area contributed by atoms with Crippen molar-refractivity contribution >= 4 is 38.0 Å². The van der Waals surface area contributed by atoms with Crippen LogP contribution in [0.1, 0.15) is 113 Å². The maximum atomic E-state index is 12.2. The molecule has 1 radical (unpaired) electrons. The van der Waals surface area contributed by atoms with Crippen LogP contribution in [0.2, 0.25) is 0 Å². The van der Waals surface area contributed by atoms with Crippen LogP contribution in [0, 0.1) is 22.8 Å². The molecule has 1 N–H and O–H groups in total. The van der Waals surface area contributed by atoms with E-state index in [-0.39, 0.29) is 47.9 Å². The molecule has 0 amide bonds. The number of thiophene rings is 1. The molecule has 2 aromatic carbocycles. The SMILES string of the molecule is CC(C)Cc1ncc(-c2ccnc(-c3[c-]c4ccccc4c(C(C)(C)C)c3)c2)c2sccc12.CCC(C)(CC)C(=O)/C=C(\O)C(C)(CC)CC.[Ir]. The van der Waals surface area contributed by atoms with Gasteiger partial charge in [0.2, 0.25) is 0 Å². The van der Waals surface area contributed by atoms with Crippen molar-refractivity contribution in [1.82, 2.24) is 9.97 Å². The van der Waals surface area contributed by atoms with Crippen LogP contribution >= 0.6 is 11.3 Å². The number of hydrogen-bond donors (Lipinski definition) is 1. The fourth-order valence-corrected chi connectivity index (χ4v) is 7.14. The van der Waals surface area contributed by atoms with E-state index in [0.717, 1.165) is 54.3 Å². The van der Waals surface area contributed by atoms with Gasteiger partial charge in [-0.2, -0.15) is 0 Å². The first-order valence-corrected chi connectivity index (χ1v) is 19.2. The third-order valence-electron chi connectivity index (χ3n) is 10.7. The predicted octanol–water partition coefficient (Wildman–Crippen LogP) is 13.1. The van der Waals surface area contributed by atoms with Gasteiger partial charge in [0, 0.05) is 76.4 Å². The van der Waals surface area contributed by atoms with E-state index in [2.05, 4.69) is 94.6 Å². The maximum Gasteiger partial charge on any atom is 0.164 e. The minimum atomic E-state index is -0.337. The first-order valence-electron chi connectivity index (χ1n) is 18.3. The van der Waals surface area contributed by atoms with Crippen molar-refractivity contribution in [3.05, 3.63) is 95.5 Å². The van der Waals surface area contributed by atoms with E-state index in [1.54, 1.807) is 11.3 Å². The van der Waals surface area contributed by atoms with Crippen LogP contribution in [-0.2, 0) is 36.7 Å². The van der Waals surface area contributed by atoms with Crippen LogP contribution < -0.4 is 0 Å². The van der Waals surface area contributed by atoms with E-state index in [1.807, 2.05) is 53.9 Å². The predicted molar refractivity (Wildman–Crippen MR) is 215 cm³/mol. The standard InChI is InChI=1S/C30H29N2S.C15H28O2.Ir/c1-19(2)14-28-24-11-13-33-29(24)25(18-32-28)21-10-12-31-27(17-21)22-15-20-8-6-7-9-23(20)26(16-22)30(3,4)5;1-7-14(5,8-2)12(16)11-13(17)15(6,9-3)10-4;/h6-13,16-19H,14H2,1-5H3;11,16H,7-10H2,1-6H3;/q-1;;/b;12-11-;. The van der Waals surface area contributed by atoms with Crippen molar-refractivity contribution in [2.24, 2.45) is 16.7 Å². The summed E-state index contributed by atoms with van der Waals surface area (Å²) in [5.74, 6) is 0.869. The van der Waals surface area contributed by atoms with Gasteiger partial charge in [-0.25, -0.2) is 0 Å². The van der Waals surface area contributed by atoms with Crippen molar-refractivity contribution < 1.29 is 30.0 Å². The Hall–Kier alpha value is -3.18. The molecule has 275 valence electrons. The molecule has 6 heteroatoms. The monoisotopic (exact) mass is 882 g/mol. The summed E-state index contributed by atoms with van der Waals surface area (Å²) in [7, 11) is 0. The second kappa shape index (κ2) is 17.6. The second-order valence-corrected chi connectivity index (χ2v) is 16.5. The van der Waals surface area contributed by atoms with Crippen molar-refractivity contribution in [3.8, 4) is 22.4 Å². The van der Waals surface area contributed by atoms with Gasteiger partial charge < -0.3 is 5.11 Å². The molecule has 0 bridgehead atoms. The number of nitrogens with zero attached hydrogens (tertiary/aromatic N) is 2.